The van der Waals surface area contributed by atoms with Crippen molar-refractivity contribution in [2.45, 2.75) is 12.5 Å². The number of ether oxygens (including phenoxy) is 1. The molecule has 0 bridgehead atoms. The monoisotopic (exact) mass is 193 g/mol. The molecule has 14 heavy (non-hydrogen) atoms. The van der Waals surface area contributed by atoms with Crippen LogP contribution in [-0.2, 0) is 0 Å². The SMILES string of the molecule is [N-]=[N+]=N[C@H]1CCOc2cc(F)ccc21. The first kappa shape index (κ1) is 8.84. The third kappa shape index (κ3) is 1.49. The fourth-order valence-electron chi connectivity index (χ4n) is 1.53. The summed E-state index contributed by atoms with van der Waals surface area (Å²) in [5.41, 5.74) is 9.10. The van der Waals surface area contributed by atoms with Gasteiger partial charge < -0.3 is 4.74 Å². The third-order valence-corrected chi connectivity index (χ3v) is 2.17. The van der Waals surface area contributed by atoms with Gasteiger partial charge in [-0.3, -0.25) is 0 Å². The maximum atomic E-state index is 12.8. The van der Waals surface area contributed by atoms with Crippen molar-refractivity contribution in [2.24, 2.45) is 5.11 Å². The molecule has 2 rings (SSSR count). The molecule has 1 aliphatic heterocycles. The number of rotatable bonds is 1. The lowest BCUT2D eigenvalue weighted by atomic mass is 10.0. The number of halogens is 1. The molecule has 0 amide bonds. The van der Waals surface area contributed by atoms with Crippen molar-refractivity contribution in [1.82, 2.24) is 0 Å². The molecule has 1 aromatic rings. The van der Waals surface area contributed by atoms with E-state index in [4.69, 9.17) is 10.3 Å². The van der Waals surface area contributed by atoms with Crippen LogP contribution in [0.5, 0.6) is 5.75 Å². The Bertz CT molecular complexity index is 401. The van der Waals surface area contributed by atoms with E-state index in [-0.39, 0.29) is 11.9 Å². The summed E-state index contributed by atoms with van der Waals surface area (Å²) in [4.78, 5) is 2.76. The van der Waals surface area contributed by atoms with E-state index in [0.29, 0.717) is 18.8 Å². The van der Waals surface area contributed by atoms with E-state index in [9.17, 15) is 4.39 Å². The number of hydrogen-bond donors (Lipinski definition) is 0. The van der Waals surface area contributed by atoms with Gasteiger partial charge in [-0.1, -0.05) is 11.2 Å². The molecule has 0 spiro atoms. The van der Waals surface area contributed by atoms with Crippen LogP contribution in [0.25, 0.3) is 10.4 Å². The van der Waals surface area contributed by atoms with Crippen molar-refractivity contribution in [2.75, 3.05) is 6.61 Å². The second-order valence-electron chi connectivity index (χ2n) is 3.04. The third-order valence-electron chi connectivity index (χ3n) is 2.17. The molecule has 0 fully saturated rings. The van der Waals surface area contributed by atoms with Gasteiger partial charge in [-0.25, -0.2) is 4.39 Å². The number of benzene rings is 1. The summed E-state index contributed by atoms with van der Waals surface area (Å²) in [5.74, 6) is 0.138. The quantitative estimate of drug-likeness (QED) is 0.384. The van der Waals surface area contributed by atoms with Crippen LogP contribution in [-0.4, -0.2) is 6.61 Å². The molecular formula is C9H8FN3O. The van der Waals surface area contributed by atoms with Crippen molar-refractivity contribution < 1.29 is 9.13 Å². The van der Waals surface area contributed by atoms with Gasteiger partial charge in [-0.05, 0) is 18.0 Å². The molecule has 0 saturated carbocycles. The van der Waals surface area contributed by atoms with Gasteiger partial charge in [0, 0.05) is 16.5 Å². The van der Waals surface area contributed by atoms with Crippen LogP contribution >= 0.6 is 0 Å². The van der Waals surface area contributed by atoms with E-state index in [1.807, 2.05) is 0 Å². The largest absolute Gasteiger partial charge is 0.493 e. The number of nitrogens with zero attached hydrogens (tertiary/aromatic N) is 3. The summed E-state index contributed by atoms with van der Waals surface area (Å²) >= 11 is 0. The molecule has 1 heterocycles. The lowest BCUT2D eigenvalue weighted by molar-refractivity contribution is 0.267. The summed E-state index contributed by atoms with van der Waals surface area (Å²) in [5, 5.41) is 3.63. The fraction of sp³-hybridized carbons (Fsp3) is 0.333. The molecule has 4 nitrogen and oxygen atoms in total. The van der Waals surface area contributed by atoms with Crippen molar-refractivity contribution in [3.05, 3.63) is 40.0 Å². The summed E-state index contributed by atoms with van der Waals surface area (Å²) in [6.07, 6.45) is 0.642. The van der Waals surface area contributed by atoms with Gasteiger partial charge in [0.05, 0.1) is 12.6 Å². The van der Waals surface area contributed by atoms with E-state index < -0.39 is 0 Å². The van der Waals surface area contributed by atoms with Gasteiger partial charge in [0.15, 0.2) is 0 Å². The molecule has 1 aromatic carbocycles. The van der Waals surface area contributed by atoms with E-state index in [1.54, 1.807) is 6.07 Å². The molecule has 1 aliphatic rings. The molecule has 0 unspecified atom stereocenters. The van der Waals surface area contributed by atoms with Crippen LogP contribution in [0.15, 0.2) is 23.3 Å². The van der Waals surface area contributed by atoms with Crippen molar-refractivity contribution in [3.8, 4) is 5.75 Å². The van der Waals surface area contributed by atoms with Gasteiger partial charge in [0.25, 0.3) is 0 Å². The minimum Gasteiger partial charge on any atom is -0.493 e. The molecule has 0 aliphatic carbocycles. The summed E-state index contributed by atoms with van der Waals surface area (Å²) < 4.78 is 18.1. The molecule has 72 valence electrons. The zero-order valence-electron chi connectivity index (χ0n) is 7.35. The smallest absolute Gasteiger partial charge is 0.126 e. The lowest BCUT2D eigenvalue weighted by Crippen LogP contribution is -2.12. The molecule has 0 saturated heterocycles. The summed E-state index contributed by atoms with van der Waals surface area (Å²) in [7, 11) is 0. The maximum absolute atomic E-state index is 12.8. The Kier molecular flexibility index (Phi) is 2.24. The second-order valence-corrected chi connectivity index (χ2v) is 3.04. The Balaban J connectivity index is 2.44. The maximum Gasteiger partial charge on any atom is 0.126 e. The highest BCUT2D eigenvalue weighted by molar-refractivity contribution is 5.38. The van der Waals surface area contributed by atoms with Gasteiger partial charge in [0.1, 0.15) is 11.6 Å². The number of azide groups is 1. The Morgan fingerprint density at radius 1 is 1.57 bits per heavy atom. The normalized spacial score (nSPS) is 19.1. The average molecular weight is 193 g/mol. The molecule has 5 heteroatoms. The molecule has 0 aromatic heterocycles. The van der Waals surface area contributed by atoms with Crippen LogP contribution in [0, 0.1) is 5.82 Å². The van der Waals surface area contributed by atoms with Crippen molar-refractivity contribution in [1.29, 1.82) is 0 Å². The summed E-state index contributed by atoms with van der Waals surface area (Å²) in [6, 6.07) is 4.02. The van der Waals surface area contributed by atoms with Crippen LogP contribution in [0.2, 0.25) is 0 Å². The van der Waals surface area contributed by atoms with E-state index in [2.05, 4.69) is 10.0 Å². The van der Waals surface area contributed by atoms with Crippen LogP contribution < -0.4 is 4.74 Å². The molecule has 1 atom stereocenters. The van der Waals surface area contributed by atoms with Gasteiger partial charge in [-0.15, -0.1) is 0 Å². The van der Waals surface area contributed by atoms with Crippen LogP contribution in [0.4, 0.5) is 4.39 Å². The predicted octanol–water partition coefficient (Wildman–Crippen LogP) is 2.96. The van der Waals surface area contributed by atoms with E-state index in [1.165, 1.54) is 12.1 Å². The highest BCUT2D eigenvalue weighted by Crippen LogP contribution is 2.34. The van der Waals surface area contributed by atoms with Gasteiger partial charge in [-0.2, -0.15) is 0 Å². The lowest BCUT2D eigenvalue weighted by Gasteiger charge is -2.22. The minimum absolute atomic E-state index is 0.232. The highest BCUT2D eigenvalue weighted by Gasteiger charge is 2.20. The first-order chi connectivity index (χ1) is 6.81. The molecule has 0 N–H and O–H groups in total. The predicted molar refractivity (Wildman–Crippen MR) is 48.4 cm³/mol. The second kappa shape index (κ2) is 3.55. The topological polar surface area (TPSA) is 58.0 Å². The highest BCUT2D eigenvalue weighted by atomic mass is 19.1. The first-order valence-electron chi connectivity index (χ1n) is 4.27. The average Bonchev–Trinajstić information content (AvgIpc) is 2.18. The Morgan fingerprint density at radius 2 is 2.43 bits per heavy atom. The molecular weight excluding hydrogens is 185 g/mol. The van der Waals surface area contributed by atoms with Crippen molar-refractivity contribution >= 4 is 0 Å². The fourth-order valence-corrected chi connectivity index (χ4v) is 1.53. The van der Waals surface area contributed by atoms with Gasteiger partial charge >= 0.3 is 0 Å². The van der Waals surface area contributed by atoms with E-state index >= 15 is 0 Å². The zero-order chi connectivity index (χ0) is 9.97. The van der Waals surface area contributed by atoms with Crippen molar-refractivity contribution in [3.63, 3.8) is 0 Å². The Hall–Kier alpha value is -1.74. The first-order valence-corrected chi connectivity index (χ1v) is 4.27. The minimum atomic E-state index is -0.342. The van der Waals surface area contributed by atoms with Crippen LogP contribution in [0.3, 0.4) is 0 Å². The number of hydrogen-bond acceptors (Lipinski definition) is 2. The van der Waals surface area contributed by atoms with Crippen LogP contribution in [0.1, 0.15) is 18.0 Å². The summed E-state index contributed by atoms with van der Waals surface area (Å²) in [6.45, 7) is 0.458. The van der Waals surface area contributed by atoms with Gasteiger partial charge in [0.2, 0.25) is 0 Å². The number of fused-ring (bicyclic) bond motifs is 1. The van der Waals surface area contributed by atoms with E-state index in [0.717, 1.165) is 5.56 Å². The zero-order valence-corrected chi connectivity index (χ0v) is 7.35. The Labute approximate surface area is 79.9 Å². The Morgan fingerprint density at radius 3 is 3.21 bits per heavy atom. The molecule has 0 radical (unpaired) electrons. The standard InChI is InChI=1S/C9H8FN3O/c10-6-1-2-7-8(12-13-11)3-4-14-9(7)5-6/h1-2,5,8H,3-4H2/t8-/m0/s1.